The van der Waals surface area contributed by atoms with E-state index >= 15 is 0 Å². The van der Waals surface area contributed by atoms with Crippen LogP contribution in [0.5, 0.6) is 0 Å². The summed E-state index contributed by atoms with van der Waals surface area (Å²) in [7, 11) is 0. The number of hydrogen-bond acceptors (Lipinski definition) is 5. The maximum absolute atomic E-state index is 4.52. The maximum Gasteiger partial charge on any atom is 0.125 e. The van der Waals surface area contributed by atoms with E-state index < -0.39 is 0 Å². The molecule has 20 heavy (non-hydrogen) atoms. The largest absolute Gasteiger partial charge is 0.312 e. The number of hydrogen-bond donors (Lipinski definition) is 1. The van der Waals surface area contributed by atoms with Gasteiger partial charge in [-0.25, -0.2) is 4.98 Å². The summed E-state index contributed by atoms with van der Waals surface area (Å²) >= 11 is 3.46. The van der Waals surface area contributed by atoms with Gasteiger partial charge in [-0.2, -0.15) is 0 Å². The molecule has 0 spiro atoms. The third-order valence-corrected chi connectivity index (χ3v) is 4.85. The predicted molar refractivity (Wildman–Crippen MR) is 87.3 cm³/mol. The van der Waals surface area contributed by atoms with Gasteiger partial charge < -0.3 is 5.32 Å². The van der Waals surface area contributed by atoms with Gasteiger partial charge in [-0.3, -0.25) is 4.98 Å². The second-order valence-electron chi connectivity index (χ2n) is 5.18. The van der Waals surface area contributed by atoms with Crippen LogP contribution in [0.2, 0.25) is 0 Å². The van der Waals surface area contributed by atoms with Crippen LogP contribution in [0.15, 0.2) is 29.9 Å². The van der Waals surface area contributed by atoms with Crippen molar-refractivity contribution in [3.8, 4) is 10.6 Å². The molecule has 0 bridgehead atoms. The summed E-state index contributed by atoms with van der Waals surface area (Å²) in [5.74, 6) is 0.674. The highest BCUT2D eigenvalue weighted by Crippen LogP contribution is 2.28. The molecule has 104 valence electrons. The second kappa shape index (κ2) is 5.99. The molecule has 0 aromatic carbocycles. The summed E-state index contributed by atoms with van der Waals surface area (Å²) in [6.45, 7) is 6.36. The van der Waals surface area contributed by atoms with Gasteiger partial charge in [-0.05, 0) is 30.0 Å². The average Bonchev–Trinajstić information content (AvgIpc) is 3.05. The summed E-state index contributed by atoms with van der Waals surface area (Å²) < 4.78 is 1.22. The van der Waals surface area contributed by atoms with Crippen LogP contribution in [-0.2, 0) is 6.54 Å². The van der Waals surface area contributed by atoms with Crippen molar-refractivity contribution in [2.45, 2.75) is 20.4 Å². The first kappa shape index (κ1) is 13.7. The first-order valence-corrected chi connectivity index (χ1v) is 8.41. The summed E-state index contributed by atoms with van der Waals surface area (Å²) in [4.78, 5) is 10.3. The molecular formula is C15H17N3S2. The van der Waals surface area contributed by atoms with E-state index in [1.807, 2.05) is 18.5 Å². The number of thiazole rings is 1. The predicted octanol–water partition coefficient (Wildman–Crippen LogP) is 4.17. The number of aromatic nitrogens is 2. The maximum atomic E-state index is 4.52. The second-order valence-corrected chi connectivity index (χ2v) is 7.25. The van der Waals surface area contributed by atoms with E-state index in [9.17, 15) is 0 Å². The fourth-order valence-corrected chi connectivity index (χ4v) is 3.61. The Bertz CT molecular complexity index is 700. The van der Waals surface area contributed by atoms with Crippen LogP contribution in [0.1, 0.15) is 18.7 Å². The first-order valence-electron chi connectivity index (χ1n) is 6.71. The molecule has 3 rings (SSSR count). The van der Waals surface area contributed by atoms with E-state index in [-0.39, 0.29) is 0 Å². The molecule has 0 unspecified atom stereocenters. The smallest absolute Gasteiger partial charge is 0.125 e. The molecule has 0 saturated heterocycles. The molecule has 3 heterocycles. The number of pyridine rings is 1. The lowest BCUT2D eigenvalue weighted by Gasteiger charge is -2.04. The minimum Gasteiger partial charge on any atom is -0.312 e. The molecule has 0 radical (unpaired) electrons. The fourth-order valence-electron chi connectivity index (χ4n) is 1.97. The Balaban J connectivity index is 1.75. The third kappa shape index (κ3) is 3.06. The van der Waals surface area contributed by atoms with Crippen molar-refractivity contribution < 1.29 is 0 Å². The zero-order chi connectivity index (χ0) is 13.9. The number of thiophene rings is 1. The molecule has 3 aromatic rings. The standard InChI is InChI=1S/C15H17N3S2/c1-10(2)6-16-8-12-9-18-15(20-12)11-5-14-13(17-7-11)3-4-19-14/h3-5,7,9-10,16H,6,8H2,1-2H3. The van der Waals surface area contributed by atoms with Gasteiger partial charge in [-0.15, -0.1) is 22.7 Å². The lowest BCUT2D eigenvalue weighted by atomic mass is 10.2. The van der Waals surface area contributed by atoms with Crippen molar-refractivity contribution in [2.24, 2.45) is 5.92 Å². The Morgan fingerprint density at radius 1 is 1.25 bits per heavy atom. The van der Waals surface area contributed by atoms with Crippen LogP contribution in [0.25, 0.3) is 20.8 Å². The summed E-state index contributed by atoms with van der Waals surface area (Å²) in [5, 5.41) is 6.57. The molecule has 0 saturated carbocycles. The topological polar surface area (TPSA) is 37.8 Å². The normalized spacial score (nSPS) is 11.6. The SMILES string of the molecule is CC(C)CNCc1cnc(-c2cnc3ccsc3c2)s1. The van der Waals surface area contributed by atoms with Crippen molar-refractivity contribution in [1.82, 2.24) is 15.3 Å². The van der Waals surface area contributed by atoms with Gasteiger partial charge in [0.25, 0.3) is 0 Å². The Morgan fingerprint density at radius 3 is 3.00 bits per heavy atom. The van der Waals surface area contributed by atoms with E-state index in [4.69, 9.17) is 0 Å². The van der Waals surface area contributed by atoms with Crippen LogP contribution in [0, 0.1) is 5.92 Å². The van der Waals surface area contributed by atoms with Crippen molar-refractivity contribution in [3.05, 3.63) is 34.8 Å². The van der Waals surface area contributed by atoms with Gasteiger partial charge in [0.15, 0.2) is 0 Å². The Hall–Kier alpha value is -1.30. The highest BCUT2D eigenvalue weighted by Gasteiger charge is 2.07. The van der Waals surface area contributed by atoms with Gasteiger partial charge in [0.05, 0.1) is 10.2 Å². The van der Waals surface area contributed by atoms with Crippen molar-refractivity contribution in [2.75, 3.05) is 6.54 Å². The van der Waals surface area contributed by atoms with Crippen LogP contribution >= 0.6 is 22.7 Å². The molecule has 5 heteroatoms. The monoisotopic (exact) mass is 303 g/mol. The van der Waals surface area contributed by atoms with Crippen molar-refractivity contribution in [1.29, 1.82) is 0 Å². The van der Waals surface area contributed by atoms with E-state index in [1.165, 1.54) is 9.58 Å². The molecular weight excluding hydrogens is 286 g/mol. The zero-order valence-corrected chi connectivity index (χ0v) is 13.2. The molecule has 0 amide bonds. The van der Waals surface area contributed by atoms with E-state index in [0.717, 1.165) is 29.2 Å². The van der Waals surface area contributed by atoms with Gasteiger partial charge in [0.1, 0.15) is 5.01 Å². The van der Waals surface area contributed by atoms with Crippen molar-refractivity contribution >= 4 is 32.9 Å². The number of nitrogens with zero attached hydrogens (tertiary/aromatic N) is 2. The molecule has 0 atom stereocenters. The van der Waals surface area contributed by atoms with Gasteiger partial charge in [0.2, 0.25) is 0 Å². The molecule has 3 aromatic heterocycles. The van der Waals surface area contributed by atoms with Crippen LogP contribution in [-0.4, -0.2) is 16.5 Å². The van der Waals surface area contributed by atoms with Gasteiger partial charge in [-0.1, -0.05) is 13.8 Å². The Morgan fingerprint density at radius 2 is 2.15 bits per heavy atom. The van der Waals surface area contributed by atoms with E-state index in [1.54, 1.807) is 22.7 Å². The van der Waals surface area contributed by atoms with Crippen LogP contribution in [0.4, 0.5) is 0 Å². The highest BCUT2D eigenvalue weighted by molar-refractivity contribution is 7.17. The van der Waals surface area contributed by atoms with Crippen LogP contribution < -0.4 is 5.32 Å². The van der Waals surface area contributed by atoms with E-state index in [0.29, 0.717) is 5.92 Å². The third-order valence-electron chi connectivity index (χ3n) is 2.96. The molecule has 0 aliphatic carbocycles. The van der Waals surface area contributed by atoms with E-state index in [2.05, 4.69) is 40.6 Å². The quantitative estimate of drug-likeness (QED) is 0.769. The minimum absolute atomic E-state index is 0.674. The molecule has 0 aliphatic rings. The molecule has 0 aliphatic heterocycles. The number of nitrogens with one attached hydrogen (secondary N) is 1. The molecule has 1 N–H and O–H groups in total. The lowest BCUT2D eigenvalue weighted by molar-refractivity contribution is 0.554. The lowest BCUT2D eigenvalue weighted by Crippen LogP contribution is -2.18. The van der Waals surface area contributed by atoms with Crippen LogP contribution in [0.3, 0.4) is 0 Å². The summed E-state index contributed by atoms with van der Waals surface area (Å²) in [6, 6.07) is 4.23. The fraction of sp³-hybridized carbons (Fsp3) is 0.333. The first-order chi connectivity index (χ1) is 9.72. The summed E-state index contributed by atoms with van der Waals surface area (Å²) in [5.41, 5.74) is 2.18. The zero-order valence-electron chi connectivity index (χ0n) is 11.6. The summed E-state index contributed by atoms with van der Waals surface area (Å²) in [6.07, 6.45) is 3.88. The average molecular weight is 303 g/mol. The highest BCUT2D eigenvalue weighted by atomic mass is 32.1. The minimum atomic E-state index is 0.674. The Kier molecular flexibility index (Phi) is 4.10. The number of fused-ring (bicyclic) bond motifs is 1. The van der Waals surface area contributed by atoms with Crippen molar-refractivity contribution in [3.63, 3.8) is 0 Å². The molecule has 0 fully saturated rings. The Labute approximate surface area is 126 Å². The van der Waals surface area contributed by atoms with Gasteiger partial charge in [0, 0.05) is 29.4 Å². The van der Waals surface area contributed by atoms with Gasteiger partial charge >= 0.3 is 0 Å². The molecule has 3 nitrogen and oxygen atoms in total. The number of rotatable bonds is 5.